The fourth-order valence-electron chi connectivity index (χ4n) is 8.51. The Kier molecular flexibility index (Phi) is 6.03. The smallest absolute Gasteiger partial charge is 0.341 e. The van der Waals surface area contributed by atoms with Gasteiger partial charge in [0, 0.05) is 55.3 Å². The first-order valence-electron chi connectivity index (χ1n) is 14.6. The number of aromatic carboxylic acids is 1. The van der Waals surface area contributed by atoms with Gasteiger partial charge in [-0.25, -0.2) is 9.18 Å². The van der Waals surface area contributed by atoms with E-state index in [1.807, 2.05) is 4.90 Å². The predicted octanol–water partition coefficient (Wildman–Crippen LogP) is 2.81. The second-order valence-electron chi connectivity index (χ2n) is 12.9. The number of carbonyl (C=O) groups excluding carboxylic acids is 2. The van der Waals surface area contributed by atoms with E-state index in [0.29, 0.717) is 55.1 Å². The summed E-state index contributed by atoms with van der Waals surface area (Å²) >= 11 is 0. The van der Waals surface area contributed by atoms with Crippen molar-refractivity contribution in [3.63, 3.8) is 0 Å². The number of carboxylic acids is 1. The van der Waals surface area contributed by atoms with Crippen LogP contribution in [0.1, 0.15) is 61.3 Å². The second kappa shape index (κ2) is 9.39. The number of aldehydes is 1. The van der Waals surface area contributed by atoms with Gasteiger partial charge in [0.2, 0.25) is 11.3 Å². The van der Waals surface area contributed by atoms with Crippen molar-refractivity contribution in [1.82, 2.24) is 14.8 Å². The number of anilines is 1. The molecule has 10 heteroatoms. The predicted molar refractivity (Wildman–Crippen MR) is 146 cm³/mol. The zero-order valence-electron chi connectivity index (χ0n) is 22.5. The second-order valence-corrected chi connectivity index (χ2v) is 12.9. The molecule has 2 aromatic rings. The van der Waals surface area contributed by atoms with E-state index in [9.17, 15) is 24.3 Å². The summed E-state index contributed by atoms with van der Waals surface area (Å²) in [5.74, 6) is -0.271. The van der Waals surface area contributed by atoms with Crippen LogP contribution in [0.4, 0.5) is 10.1 Å². The van der Waals surface area contributed by atoms with Crippen molar-refractivity contribution in [2.75, 3.05) is 37.6 Å². The molecular formula is C30H35FN4O5. The van der Waals surface area contributed by atoms with Crippen LogP contribution in [0.25, 0.3) is 10.9 Å². The number of rotatable bonds is 7. The van der Waals surface area contributed by atoms with Gasteiger partial charge in [0.05, 0.1) is 17.7 Å². The molecule has 2 heterocycles. The van der Waals surface area contributed by atoms with Crippen molar-refractivity contribution in [3.8, 4) is 0 Å². The number of piperazine rings is 1. The molecular weight excluding hydrogens is 515 g/mol. The number of fused-ring (bicyclic) bond motifs is 1. The monoisotopic (exact) mass is 550 g/mol. The Morgan fingerprint density at radius 1 is 1.07 bits per heavy atom. The lowest BCUT2D eigenvalue weighted by Gasteiger charge is -2.59. The minimum Gasteiger partial charge on any atom is -0.477 e. The number of benzene rings is 1. The van der Waals surface area contributed by atoms with E-state index in [-0.39, 0.29) is 35.5 Å². The number of carboxylic acid groups (broad SMARTS) is 1. The molecule has 3 unspecified atom stereocenters. The maximum absolute atomic E-state index is 15.3. The van der Waals surface area contributed by atoms with Crippen molar-refractivity contribution < 1.29 is 23.9 Å². The molecule has 4 bridgehead atoms. The number of pyridine rings is 1. The first kappa shape index (κ1) is 25.7. The number of nitrogens with one attached hydrogen (secondary N) is 1. The summed E-state index contributed by atoms with van der Waals surface area (Å²) < 4.78 is 17.1. The van der Waals surface area contributed by atoms with Crippen LogP contribution in [0.3, 0.4) is 0 Å². The van der Waals surface area contributed by atoms with Gasteiger partial charge in [0.15, 0.2) is 0 Å². The number of carbonyl (C=O) groups is 3. The van der Waals surface area contributed by atoms with Crippen LogP contribution in [0.2, 0.25) is 0 Å². The molecule has 1 aromatic heterocycles. The average Bonchev–Trinajstić information content (AvgIpc) is 3.76. The third-order valence-corrected chi connectivity index (χ3v) is 10.3. The molecule has 6 fully saturated rings. The standard InChI is InChI=1S/C30H35FN4O5/c31-23-10-21-24(35(20-1-2-20)14-22(27(21)38)29(39)40)11-25(23)34-5-3-33(4-6-34)15-26(37)32-28-19-8-17-7-18(9-19)13-30(28,12-17)16-36/h10-11,14,16-20,28H,1-9,12-13,15H2,(H,32,37)(H,39,40). The molecule has 9 nitrogen and oxygen atoms in total. The van der Waals surface area contributed by atoms with Gasteiger partial charge in [-0.2, -0.15) is 0 Å². The maximum Gasteiger partial charge on any atom is 0.341 e. The summed E-state index contributed by atoms with van der Waals surface area (Å²) in [6.07, 6.45) is 9.55. The Balaban J connectivity index is 1.03. The first-order valence-corrected chi connectivity index (χ1v) is 14.6. The number of hydrogen-bond donors (Lipinski definition) is 2. The Labute approximate surface area is 231 Å². The van der Waals surface area contributed by atoms with Crippen molar-refractivity contribution >= 4 is 34.8 Å². The van der Waals surface area contributed by atoms with Gasteiger partial charge >= 0.3 is 5.97 Å². The summed E-state index contributed by atoms with van der Waals surface area (Å²) in [5.41, 5.74) is -0.476. The van der Waals surface area contributed by atoms with Crippen LogP contribution in [0, 0.1) is 29.0 Å². The van der Waals surface area contributed by atoms with E-state index in [1.165, 1.54) is 18.7 Å². The Morgan fingerprint density at radius 3 is 2.40 bits per heavy atom. The fraction of sp³-hybridized carbons (Fsp3) is 0.600. The molecule has 40 heavy (non-hydrogen) atoms. The van der Waals surface area contributed by atoms with Crippen molar-refractivity contribution in [2.45, 2.75) is 57.0 Å². The largest absolute Gasteiger partial charge is 0.477 e. The highest BCUT2D eigenvalue weighted by molar-refractivity contribution is 5.93. The fourth-order valence-corrected chi connectivity index (χ4v) is 8.51. The van der Waals surface area contributed by atoms with Gasteiger partial charge in [-0.3, -0.25) is 14.5 Å². The third-order valence-electron chi connectivity index (χ3n) is 10.3. The minimum atomic E-state index is -1.31. The van der Waals surface area contributed by atoms with E-state index >= 15 is 4.39 Å². The lowest BCUT2D eigenvalue weighted by Crippen LogP contribution is -2.63. The lowest BCUT2D eigenvalue weighted by atomic mass is 9.48. The zero-order chi connectivity index (χ0) is 27.8. The van der Waals surface area contributed by atoms with Gasteiger partial charge in [-0.15, -0.1) is 0 Å². The molecule has 0 radical (unpaired) electrons. The van der Waals surface area contributed by atoms with Gasteiger partial charge in [0.1, 0.15) is 17.7 Å². The molecule has 5 aliphatic carbocycles. The molecule has 2 N–H and O–H groups in total. The Morgan fingerprint density at radius 2 is 1.77 bits per heavy atom. The SMILES string of the molecule is O=CC12CC3CC(CC(C3)C1NC(=O)CN1CCN(c3cc4c(cc3F)c(=O)c(C(=O)O)cn4C3CC3)CC1)C2. The molecule has 212 valence electrons. The number of halogens is 1. The Bertz CT molecular complexity index is 1450. The van der Waals surface area contributed by atoms with E-state index in [1.54, 1.807) is 10.6 Å². The van der Waals surface area contributed by atoms with Crippen LogP contribution in [0.5, 0.6) is 0 Å². The van der Waals surface area contributed by atoms with Crippen molar-refractivity contribution in [3.05, 3.63) is 39.9 Å². The van der Waals surface area contributed by atoms with Crippen LogP contribution < -0.4 is 15.6 Å². The van der Waals surface area contributed by atoms with E-state index in [4.69, 9.17) is 0 Å². The van der Waals surface area contributed by atoms with Crippen molar-refractivity contribution in [1.29, 1.82) is 0 Å². The van der Waals surface area contributed by atoms with Gasteiger partial charge < -0.3 is 24.7 Å². The van der Waals surface area contributed by atoms with Crippen LogP contribution in [0.15, 0.2) is 23.1 Å². The van der Waals surface area contributed by atoms with E-state index in [0.717, 1.165) is 44.8 Å². The van der Waals surface area contributed by atoms with Gasteiger partial charge in [-0.1, -0.05) is 0 Å². The first-order chi connectivity index (χ1) is 19.2. The molecule has 1 amide bonds. The molecule has 1 saturated heterocycles. The summed E-state index contributed by atoms with van der Waals surface area (Å²) in [5, 5.41) is 12.8. The van der Waals surface area contributed by atoms with Crippen molar-refractivity contribution in [2.24, 2.45) is 23.2 Å². The molecule has 1 aromatic carbocycles. The molecule has 1 aliphatic heterocycles. The Hall–Kier alpha value is -3.27. The minimum absolute atomic E-state index is 0.0493. The number of nitrogens with zero attached hydrogens (tertiary/aromatic N) is 3. The summed E-state index contributed by atoms with van der Waals surface area (Å²) in [6, 6.07) is 2.89. The maximum atomic E-state index is 15.3. The number of aromatic nitrogens is 1. The molecule has 8 rings (SSSR count). The highest BCUT2D eigenvalue weighted by Gasteiger charge is 2.57. The highest BCUT2D eigenvalue weighted by Crippen LogP contribution is 2.59. The van der Waals surface area contributed by atoms with Gasteiger partial charge in [0.25, 0.3) is 0 Å². The number of hydrogen-bond acceptors (Lipinski definition) is 6. The quantitative estimate of drug-likeness (QED) is 0.510. The topological polar surface area (TPSA) is 112 Å². The number of amides is 1. The highest BCUT2D eigenvalue weighted by atomic mass is 19.1. The van der Waals surface area contributed by atoms with Crippen LogP contribution >= 0.6 is 0 Å². The summed E-state index contributed by atoms with van der Waals surface area (Å²) in [4.78, 5) is 53.7. The molecule has 0 spiro atoms. The van der Waals surface area contributed by atoms with Crippen LogP contribution in [-0.2, 0) is 9.59 Å². The van der Waals surface area contributed by atoms with E-state index < -0.39 is 22.6 Å². The summed E-state index contributed by atoms with van der Waals surface area (Å²) in [7, 11) is 0. The average molecular weight is 551 g/mol. The molecule has 6 aliphatic rings. The van der Waals surface area contributed by atoms with Gasteiger partial charge in [-0.05, 0) is 74.8 Å². The van der Waals surface area contributed by atoms with E-state index in [2.05, 4.69) is 10.2 Å². The van der Waals surface area contributed by atoms with Crippen LogP contribution in [-0.4, -0.2) is 71.5 Å². The zero-order valence-corrected chi connectivity index (χ0v) is 22.5. The molecule has 3 atom stereocenters. The normalized spacial score (nSPS) is 31.5. The molecule has 5 saturated carbocycles. The summed E-state index contributed by atoms with van der Waals surface area (Å²) in [6.45, 7) is 2.44. The lowest BCUT2D eigenvalue weighted by molar-refractivity contribution is -0.142. The third kappa shape index (κ3) is 4.22.